The molecular formula is C19H18FN3OS. The van der Waals surface area contributed by atoms with Crippen LogP contribution < -0.4 is 5.32 Å². The lowest BCUT2D eigenvalue weighted by Gasteiger charge is -2.12. The molecule has 128 valence electrons. The van der Waals surface area contributed by atoms with Crippen LogP contribution in [0, 0.1) is 5.82 Å². The first kappa shape index (κ1) is 17.2. The summed E-state index contributed by atoms with van der Waals surface area (Å²) in [6.07, 6.45) is 1.79. The van der Waals surface area contributed by atoms with Crippen LogP contribution >= 0.6 is 11.8 Å². The molecule has 0 fully saturated rings. The minimum Gasteiger partial charge on any atom is -0.323 e. The summed E-state index contributed by atoms with van der Waals surface area (Å²) in [6.45, 7) is 1.78. The van der Waals surface area contributed by atoms with Crippen molar-refractivity contribution in [3.63, 3.8) is 0 Å². The van der Waals surface area contributed by atoms with Crippen LogP contribution in [0.2, 0.25) is 0 Å². The molecular weight excluding hydrogens is 337 g/mol. The minimum atomic E-state index is -0.448. The van der Waals surface area contributed by atoms with Gasteiger partial charge in [0.1, 0.15) is 5.82 Å². The van der Waals surface area contributed by atoms with Gasteiger partial charge in [-0.2, -0.15) is 0 Å². The highest BCUT2D eigenvalue weighted by molar-refractivity contribution is 8.00. The third-order valence-corrected chi connectivity index (χ3v) is 4.96. The van der Waals surface area contributed by atoms with Gasteiger partial charge in [-0.1, -0.05) is 54.2 Å². The minimum absolute atomic E-state index is 0.185. The molecule has 6 heteroatoms. The second-order valence-electron chi connectivity index (χ2n) is 5.58. The van der Waals surface area contributed by atoms with Crippen molar-refractivity contribution in [2.24, 2.45) is 7.05 Å². The van der Waals surface area contributed by atoms with E-state index in [1.807, 2.05) is 41.9 Å². The predicted octanol–water partition coefficient (Wildman–Crippen LogP) is 4.35. The number of amides is 1. The van der Waals surface area contributed by atoms with Crippen molar-refractivity contribution in [3.05, 3.63) is 66.6 Å². The molecule has 3 rings (SSSR count). The van der Waals surface area contributed by atoms with Crippen LogP contribution in [-0.2, 0) is 11.8 Å². The number of nitrogens with zero attached hydrogens (tertiary/aromatic N) is 2. The van der Waals surface area contributed by atoms with E-state index in [0.717, 1.165) is 16.4 Å². The number of thioether (sulfide) groups is 1. The largest absolute Gasteiger partial charge is 0.323 e. The number of rotatable bonds is 5. The van der Waals surface area contributed by atoms with Crippen molar-refractivity contribution in [1.29, 1.82) is 0 Å². The molecule has 2 aromatic carbocycles. The number of nitrogens with one attached hydrogen (secondary N) is 1. The van der Waals surface area contributed by atoms with Crippen molar-refractivity contribution in [3.8, 4) is 11.3 Å². The summed E-state index contributed by atoms with van der Waals surface area (Å²) in [7, 11) is 1.92. The maximum atomic E-state index is 13.7. The zero-order valence-electron chi connectivity index (χ0n) is 13.9. The number of halogens is 1. The molecule has 1 N–H and O–H groups in total. The number of anilines is 1. The van der Waals surface area contributed by atoms with Crippen molar-refractivity contribution >= 4 is 23.4 Å². The van der Waals surface area contributed by atoms with E-state index in [2.05, 4.69) is 10.3 Å². The van der Waals surface area contributed by atoms with Gasteiger partial charge < -0.3 is 9.88 Å². The Morgan fingerprint density at radius 3 is 2.56 bits per heavy atom. The molecule has 0 saturated carbocycles. The highest BCUT2D eigenvalue weighted by Gasteiger charge is 2.19. The topological polar surface area (TPSA) is 46.9 Å². The molecule has 3 aromatic rings. The van der Waals surface area contributed by atoms with Gasteiger partial charge >= 0.3 is 0 Å². The van der Waals surface area contributed by atoms with Crippen LogP contribution in [0.1, 0.15) is 6.92 Å². The summed E-state index contributed by atoms with van der Waals surface area (Å²) >= 11 is 1.34. The van der Waals surface area contributed by atoms with Gasteiger partial charge in [0.25, 0.3) is 0 Å². The van der Waals surface area contributed by atoms with E-state index < -0.39 is 11.1 Å². The van der Waals surface area contributed by atoms with Crippen LogP contribution in [0.5, 0.6) is 0 Å². The Morgan fingerprint density at radius 2 is 1.84 bits per heavy atom. The maximum Gasteiger partial charge on any atom is 0.237 e. The molecule has 0 bridgehead atoms. The van der Waals surface area contributed by atoms with E-state index in [-0.39, 0.29) is 11.6 Å². The highest BCUT2D eigenvalue weighted by atomic mass is 32.2. The zero-order chi connectivity index (χ0) is 17.8. The van der Waals surface area contributed by atoms with E-state index in [0.29, 0.717) is 0 Å². The van der Waals surface area contributed by atoms with E-state index in [4.69, 9.17) is 0 Å². The second-order valence-corrected chi connectivity index (χ2v) is 6.89. The van der Waals surface area contributed by atoms with Gasteiger partial charge in [0.2, 0.25) is 5.91 Å². The van der Waals surface area contributed by atoms with Crippen molar-refractivity contribution < 1.29 is 9.18 Å². The summed E-state index contributed by atoms with van der Waals surface area (Å²) < 4.78 is 15.6. The van der Waals surface area contributed by atoms with Crippen LogP contribution in [-0.4, -0.2) is 20.7 Å². The molecule has 25 heavy (non-hydrogen) atoms. The van der Waals surface area contributed by atoms with E-state index >= 15 is 0 Å². The van der Waals surface area contributed by atoms with Gasteiger partial charge in [-0.05, 0) is 24.6 Å². The number of para-hydroxylation sites is 1. The Hall–Kier alpha value is -2.60. The van der Waals surface area contributed by atoms with Crippen LogP contribution in [0.3, 0.4) is 0 Å². The number of imidazole rings is 1. The van der Waals surface area contributed by atoms with Gasteiger partial charge in [-0.3, -0.25) is 4.79 Å². The molecule has 0 aliphatic rings. The number of carbonyl (C=O) groups excluding carboxylic acids is 1. The molecule has 1 heterocycles. The number of hydrogen-bond donors (Lipinski definition) is 1. The summed E-state index contributed by atoms with van der Waals surface area (Å²) in [6, 6.07) is 16.1. The molecule has 1 aromatic heterocycles. The summed E-state index contributed by atoms with van der Waals surface area (Å²) in [5, 5.41) is 2.94. The molecule has 0 aliphatic heterocycles. The number of aromatic nitrogens is 2. The zero-order valence-corrected chi connectivity index (χ0v) is 14.8. The van der Waals surface area contributed by atoms with E-state index in [1.54, 1.807) is 31.3 Å². The number of carbonyl (C=O) groups is 1. The van der Waals surface area contributed by atoms with Crippen molar-refractivity contribution in [2.75, 3.05) is 5.32 Å². The monoisotopic (exact) mass is 355 g/mol. The van der Waals surface area contributed by atoms with E-state index in [9.17, 15) is 9.18 Å². The standard InChI is InChI=1S/C19H18FN3OS/c1-13(18(24)22-16-11-7-6-10-15(16)20)25-19-21-12-17(23(19)2)14-8-4-3-5-9-14/h3-13H,1-2H3,(H,22,24). The SMILES string of the molecule is CC(Sc1ncc(-c2ccccc2)n1C)C(=O)Nc1ccccc1F. The Labute approximate surface area is 150 Å². The molecule has 1 atom stereocenters. The smallest absolute Gasteiger partial charge is 0.237 e. The summed E-state index contributed by atoms with van der Waals surface area (Å²) in [5.41, 5.74) is 2.22. The first-order valence-electron chi connectivity index (χ1n) is 7.85. The lowest BCUT2D eigenvalue weighted by molar-refractivity contribution is -0.115. The Balaban J connectivity index is 1.71. The molecule has 0 aliphatic carbocycles. The molecule has 0 saturated heterocycles. The normalized spacial score (nSPS) is 12.0. The average Bonchev–Trinajstić information content (AvgIpc) is 2.98. The fourth-order valence-corrected chi connectivity index (χ4v) is 3.24. The fraction of sp³-hybridized carbons (Fsp3) is 0.158. The summed E-state index contributed by atoms with van der Waals surface area (Å²) in [4.78, 5) is 16.7. The molecule has 4 nitrogen and oxygen atoms in total. The molecule has 0 spiro atoms. The average molecular weight is 355 g/mol. The van der Waals surface area contributed by atoms with Gasteiger partial charge in [0, 0.05) is 7.05 Å². The van der Waals surface area contributed by atoms with Crippen LogP contribution in [0.25, 0.3) is 11.3 Å². The maximum absolute atomic E-state index is 13.7. The molecule has 1 unspecified atom stereocenters. The van der Waals surface area contributed by atoms with Gasteiger partial charge in [-0.15, -0.1) is 0 Å². The first-order valence-corrected chi connectivity index (χ1v) is 8.73. The van der Waals surface area contributed by atoms with Gasteiger partial charge in [0.05, 0.1) is 22.8 Å². The predicted molar refractivity (Wildman–Crippen MR) is 99.0 cm³/mol. The van der Waals surface area contributed by atoms with Crippen LogP contribution in [0.15, 0.2) is 66.0 Å². The third kappa shape index (κ3) is 3.91. The number of benzene rings is 2. The highest BCUT2D eigenvalue weighted by Crippen LogP contribution is 2.28. The fourth-order valence-electron chi connectivity index (χ4n) is 2.39. The third-order valence-electron chi connectivity index (χ3n) is 3.80. The van der Waals surface area contributed by atoms with Gasteiger partial charge in [-0.25, -0.2) is 9.37 Å². The number of hydrogen-bond acceptors (Lipinski definition) is 3. The van der Waals surface area contributed by atoms with Crippen molar-refractivity contribution in [2.45, 2.75) is 17.3 Å². The van der Waals surface area contributed by atoms with Gasteiger partial charge in [0.15, 0.2) is 5.16 Å². The lowest BCUT2D eigenvalue weighted by atomic mass is 10.2. The molecule has 1 amide bonds. The quantitative estimate of drug-likeness (QED) is 0.692. The van der Waals surface area contributed by atoms with E-state index in [1.165, 1.54) is 17.8 Å². The lowest BCUT2D eigenvalue weighted by Crippen LogP contribution is -2.23. The Kier molecular flexibility index (Phi) is 5.19. The Morgan fingerprint density at radius 1 is 1.16 bits per heavy atom. The molecule has 0 radical (unpaired) electrons. The summed E-state index contributed by atoms with van der Waals surface area (Å²) in [5.74, 6) is -0.712. The van der Waals surface area contributed by atoms with Crippen LogP contribution in [0.4, 0.5) is 10.1 Å². The van der Waals surface area contributed by atoms with Crippen molar-refractivity contribution in [1.82, 2.24) is 9.55 Å². The Bertz CT molecular complexity index is 879. The second kappa shape index (κ2) is 7.53. The first-order chi connectivity index (χ1) is 12.1.